The van der Waals surface area contributed by atoms with Crippen LogP contribution in [0.3, 0.4) is 0 Å². The zero-order chi connectivity index (χ0) is 25.9. The zero-order valence-corrected chi connectivity index (χ0v) is 20.4. The van der Waals surface area contributed by atoms with Gasteiger partial charge in [0.1, 0.15) is 0 Å². The van der Waals surface area contributed by atoms with E-state index in [9.17, 15) is 8.78 Å². The summed E-state index contributed by atoms with van der Waals surface area (Å²) in [5.41, 5.74) is 11.1. The Labute approximate surface area is 212 Å². The number of hydrogen-bond acceptors (Lipinski definition) is 9. The lowest BCUT2D eigenvalue weighted by molar-refractivity contribution is 0.116. The first-order chi connectivity index (χ1) is 17.9. The van der Waals surface area contributed by atoms with Crippen molar-refractivity contribution in [2.75, 3.05) is 33.2 Å². The summed E-state index contributed by atoms with van der Waals surface area (Å²) in [4.78, 5) is 12.5. The lowest BCUT2D eigenvalue weighted by atomic mass is 10.1. The number of hydrogen-bond donors (Lipinski definition) is 3. The molecule has 0 radical (unpaired) electrons. The molecule has 1 aliphatic heterocycles. The summed E-state index contributed by atoms with van der Waals surface area (Å²) in [6, 6.07) is 9.47. The number of nitrogens with two attached hydrogens (primary N) is 2. The molecule has 0 amide bonds. The van der Waals surface area contributed by atoms with Gasteiger partial charge in [-0.2, -0.15) is 8.78 Å². The maximum atomic E-state index is 12.7. The van der Waals surface area contributed by atoms with Crippen molar-refractivity contribution in [2.45, 2.75) is 19.5 Å². The van der Waals surface area contributed by atoms with E-state index >= 15 is 0 Å². The number of aromatic nitrogens is 4. The van der Waals surface area contributed by atoms with Crippen molar-refractivity contribution in [1.82, 2.24) is 35.0 Å². The maximum Gasteiger partial charge on any atom is 0.314 e. The number of benzene rings is 1. The smallest absolute Gasteiger partial charge is 0.314 e. The van der Waals surface area contributed by atoms with E-state index in [0.717, 1.165) is 43.8 Å². The summed E-state index contributed by atoms with van der Waals surface area (Å²) in [6.45, 7) is 5.51. The minimum atomic E-state index is -2.82. The van der Waals surface area contributed by atoms with Crippen LogP contribution in [0.5, 0.6) is 0 Å². The largest absolute Gasteiger partial charge is 0.415 e. The molecule has 0 spiro atoms. The molecular weight excluding hydrogens is 480 g/mol. The SMILES string of the molecule is CN1CCN(Cc2c[nH]c3cc(/C(N)=C/N(N)Cc4ccc(-c5nnc(C(F)F)o5)cn4)ccc23)CC1. The van der Waals surface area contributed by atoms with Crippen LogP contribution in [0.4, 0.5) is 8.78 Å². The van der Waals surface area contributed by atoms with E-state index in [-0.39, 0.29) is 12.4 Å². The third-order valence-electron chi connectivity index (χ3n) is 6.44. The van der Waals surface area contributed by atoms with Gasteiger partial charge in [-0.25, -0.2) is 5.84 Å². The second kappa shape index (κ2) is 10.6. The molecule has 5 N–H and O–H groups in total. The highest BCUT2D eigenvalue weighted by Gasteiger charge is 2.18. The minimum absolute atomic E-state index is 0.0190. The van der Waals surface area contributed by atoms with Crippen LogP contribution in [-0.4, -0.2) is 68.2 Å². The molecular formula is C25H29F2N9O. The Hall–Kier alpha value is -3.87. The quantitative estimate of drug-likeness (QED) is 0.242. The Morgan fingerprint density at radius 3 is 2.70 bits per heavy atom. The fourth-order valence-electron chi connectivity index (χ4n) is 4.31. The van der Waals surface area contributed by atoms with Gasteiger partial charge in [-0.15, -0.1) is 10.2 Å². The molecule has 0 atom stereocenters. The number of H-pyrrole nitrogens is 1. The highest BCUT2D eigenvalue weighted by atomic mass is 19.3. The summed E-state index contributed by atoms with van der Waals surface area (Å²) in [5.74, 6) is 5.41. The number of halogens is 2. The van der Waals surface area contributed by atoms with Crippen LogP contribution in [0.15, 0.2) is 53.3 Å². The molecule has 0 bridgehead atoms. The highest BCUT2D eigenvalue weighted by molar-refractivity contribution is 5.86. The van der Waals surface area contributed by atoms with Crippen molar-refractivity contribution in [3.63, 3.8) is 0 Å². The average Bonchev–Trinajstić information content (AvgIpc) is 3.53. The lowest BCUT2D eigenvalue weighted by Crippen LogP contribution is -2.43. The average molecular weight is 510 g/mol. The van der Waals surface area contributed by atoms with Crippen LogP contribution in [-0.2, 0) is 13.1 Å². The first-order valence-electron chi connectivity index (χ1n) is 11.9. The monoisotopic (exact) mass is 509 g/mol. The zero-order valence-electron chi connectivity index (χ0n) is 20.4. The predicted molar refractivity (Wildman–Crippen MR) is 135 cm³/mol. The maximum absolute atomic E-state index is 12.7. The van der Waals surface area contributed by atoms with Crippen LogP contribution in [0.2, 0.25) is 0 Å². The Morgan fingerprint density at radius 1 is 1.19 bits per heavy atom. The van der Waals surface area contributed by atoms with Gasteiger partial charge >= 0.3 is 6.43 Å². The van der Waals surface area contributed by atoms with Gasteiger partial charge in [0.25, 0.3) is 5.89 Å². The Bertz CT molecular complexity index is 1370. The van der Waals surface area contributed by atoms with Gasteiger partial charge in [0, 0.05) is 67.8 Å². The van der Waals surface area contributed by atoms with E-state index in [1.807, 2.05) is 12.1 Å². The fourth-order valence-corrected chi connectivity index (χ4v) is 4.31. The first kappa shape index (κ1) is 24.8. The molecule has 12 heteroatoms. The third-order valence-corrected chi connectivity index (χ3v) is 6.44. The molecule has 0 aliphatic carbocycles. The summed E-state index contributed by atoms with van der Waals surface area (Å²) in [7, 11) is 2.16. The minimum Gasteiger partial charge on any atom is -0.415 e. The molecule has 1 fully saturated rings. The van der Waals surface area contributed by atoms with Gasteiger partial charge in [0.2, 0.25) is 5.89 Å². The number of fused-ring (bicyclic) bond motifs is 1. The number of nitrogens with zero attached hydrogens (tertiary/aromatic N) is 6. The van der Waals surface area contributed by atoms with Crippen LogP contribution in [0.25, 0.3) is 28.1 Å². The van der Waals surface area contributed by atoms with E-state index < -0.39 is 12.3 Å². The summed E-state index contributed by atoms with van der Waals surface area (Å²) >= 11 is 0. The van der Waals surface area contributed by atoms with Crippen molar-refractivity contribution in [2.24, 2.45) is 11.6 Å². The number of aromatic amines is 1. The Morgan fingerprint density at radius 2 is 2.00 bits per heavy atom. The van der Waals surface area contributed by atoms with Crippen molar-refractivity contribution in [3.8, 4) is 11.5 Å². The number of pyridine rings is 1. The highest BCUT2D eigenvalue weighted by Crippen LogP contribution is 2.25. The van der Waals surface area contributed by atoms with E-state index in [2.05, 4.69) is 49.3 Å². The van der Waals surface area contributed by atoms with Crippen molar-refractivity contribution in [3.05, 3.63) is 71.6 Å². The van der Waals surface area contributed by atoms with E-state index in [0.29, 0.717) is 17.0 Å². The number of rotatable bonds is 8. The molecule has 10 nitrogen and oxygen atoms in total. The van der Waals surface area contributed by atoms with Gasteiger partial charge in [-0.05, 0) is 30.8 Å². The van der Waals surface area contributed by atoms with Gasteiger partial charge < -0.3 is 25.0 Å². The number of nitrogens with one attached hydrogen (secondary N) is 1. The van der Waals surface area contributed by atoms with Crippen LogP contribution >= 0.6 is 0 Å². The van der Waals surface area contributed by atoms with Crippen LogP contribution in [0, 0.1) is 0 Å². The predicted octanol–water partition coefficient (Wildman–Crippen LogP) is 2.93. The van der Waals surface area contributed by atoms with Crippen molar-refractivity contribution < 1.29 is 13.2 Å². The number of alkyl halides is 2. The van der Waals surface area contributed by atoms with Gasteiger partial charge in [-0.1, -0.05) is 12.1 Å². The molecule has 4 aromatic rings. The normalized spacial score (nSPS) is 15.6. The molecule has 1 saturated heterocycles. The molecule has 5 rings (SSSR count). The molecule has 1 aromatic carbocycles. The number of piperazine rings is 1. The molecule has 0 unspecified atom stereocenters. The van der Waals surface area contributed by atoms with Gasteiger partial charge in [0.15, 0.2) is 0 Å². The molecule has 0 saturated carbocycles. The fraction of sp³-hybridized carbons (Fsp3) is 0.320. The van der Waals surface area contributed by atoms with Crippen LogP contribution < -0.4 is 11.6 Å². The van der Waals surface area contributed by atoms with Gasteiger partial charge in [-0.3, -0.25) is 9.88 Å². The summed E-state index contributed by atoms with van der Waals surface area (Å²) in [5, 5.41) is 9.57. The molecule has 1 aliphatic rings. The first-order valence-corrected chi connectivity index (χ1v) is 11.9. The molecule has 4 heterocycles. The van der Waals surface area contributed by atoms with Gasteiger partial charge in [0.05, 0.1) is 23.5 Å². The molecule has 37 heavy (non-hydrogen) atoms. The Balaban J connectivity index is 1.22. The van der Waals surface area contributed by atoms with E-state index in [1.54, 1.807) is 18.3 Å². The van der Waals surface area contributed by atoms with Crippen molar-refractivity contribution >= 4 is 16.6 Å². The number of hydrazine groups is 1. The second-order valence-electron chi connectivity index (χ2n) is 9.19. The Kier molecular flexibility index (Phi) is 7.12. The second-order valence-corrected chi connectivity index (χ2v) is 9.19. The van der Waals surface area contributed by atoms with Crippen LogP contribution in [0.1, 0.15) is 29.1 Å². The number of likely N-dealkylation sites (N-methyl/N-ethyl adjacent to an activating group) is 1. The van der Waals surface area contributed by atoms with E-state index in [4.69, 9.17) is 16.0 Å². The standard InChI is InChI=1S/C25H29F2N9O/c1-34-6-8-35(9-7-34)13-18-12-31-22-10-16(3-5-20(18)22)21(28)15-36(29)14-19-4-2-17(11-30-19)24-32-33-25(37-24)23(26)27/h2-5,10-12,15,23,31H,6-9,13-14,28-29H2,1H3/b21-15-. The van der Waals surface area contributed by atoms with Crippen molar-refractivity contribution in [1.29, 1.82) is 0 Å². The molecule has 194 valence electrons. The molecule has 3 aromatic heterocycles. The van der Waals surface area contributed by atoms with E-state index in [1.165, 1.54) is 22.2 Å². The summed E-state index contributed by atoms with van der Waals surface area (Å²) < 4.78 is 30.3. The lowest BCUT2D eigenvalue weighted by Gasteiger charge is -2.32. The topological polar surface area (TPSA) is 129 Å². The third kappa shape index (κ3) is 5.77. The summed E-state index contributed by atoms with van der Waals surface area (Å²) in [6.07, 6.45) is 2.37.